The first-order valence-corrected chi connectivity index (χ1v) is 6.82. The highest BCUT2D eigenvalue weighted by Gasteiger charge is 2.24. The highest BCUT2D eigenvalue weighted by Crippen LogP contribution is 2.17. The molecule has 0 aromatic carbocycles. The highest BCUT2D eigenvalue weighted by atomic mass is 16.6. The van der Waals surface area contributed by atoms with Crippen molar-refractivity contribution in [1.82, 2.24) is 15.1 Å². The lowest BCUT2D eigenvalue weighted by molar-refractivity contribution is 0.0491. The van der Waals surface area contributed by atoms with E-state index < -0.39 is 11.7 Å². The lowest BCUT2D eigenvalue weighted by Crippen LogP contribution is -2.43. The second kappa shape index (κ2) is 5.26. The minimum atomic E-state index is -0.503. The molecule has 2 heterocycles. The predicted molar refractivity (Wildman–Crippen MR) is 73.7 cm³/mol. The van der Waals surface area contributed by atoms with E-state index in [0.29, 0.717) is 12.2 Å². The number of Topliss-reactive ketones (excluding diaryl/α,β-unsaturated/α-hetero) is 1. The second-order valence-corrected chi connectivity index (χ2v) is 6.14. The first kappa shape index (κ1) is 14.6. The van der Waals surface area contributed by atoms with Crippen LogP contribution in [0.2, 0.25) is 0 Å². The van der Waals surface area contributed by atoms with Crippen molar-refractivity contribution in [3.8, 4) is 0 Å². The minimum Gasteiger partial charge on any atom is -0.444 e. The summed E-state index contributed by atoms with van der Waals surface area (Å²) >= 11 is 0. The van der Waals surface area contributed by atoms with E-state index in [4.69, 9.17) is 4.74 Å². The molecule has 1 aliphatic heterocycles. The summed E-state index contributed by atoms with van der Waals surface area (Å²) in [7, 11) is 0. The van der Waals surface area contributed by atoms with Crippen LogP contribution in [0.1, 0.15) is 50.3 Å². The molecule has 0 spiro atoms. The van der Waals surface area contributed by atoms with Gasteiger partial charge in [-0.3, -0.25) is 9.48 Å². The van der Waals surface area contributed by atoms with Gasteiger partial charge in [0.2, 0.25) is 0 Å². The molecule has 6 nitrogen and oxygen atoms in total. The van der Waals surface area contributed by atoms with Crippen molar-refractivity contribution in [2.75, 3.05) is 0 Å². The third-order valence-electron chi connectivity index (χ3n) is 3.09. The summed E-state index contributed by atoms with van der Waals surface area (Å²) < 4.78 is 7.03. The smallest absolute Gasteiger partial charge is 0.407 e. The van der Waals surface area contributed by atoms with Gasteiger partial charge in [-0.25, -0.2) is 4.79 Å². The number of amides is 1. The normalized spacial score (nSPS) is 18.3. The number of fused-ring (bicyclic) bond motifs is 1. The zero-order valence-electron chi connectivity index (χ0n) is 12.4. The van der Waals surface area contributed by atoms with Gasteiger partial charge < -0.3 is 10.1 Å². The molecule has 0 bridgehead atoms. The van der Waals surface area contributed by atoms with Gasteiger partial charge in [-0.2, -0.15) is 5.10 Å². The van der Waals surface area contributed by atoms with Crippen LogP contribution in [0.15, 0.2) is 6.07 Å². The number of nitrogens with zero attached hydrogens (tertiary/aromatic N) is 2. The first-order valence-electron chi connectivity index (χ1n) is 6.82. The molecule has 1 atom stereocenters. The minimum absolute atomic E-state index is 0.0166. The molecule has 110 valence electrons. The molecule has 1 N–H and O–H groups in total. The van der Waals surface area contributed by atoms with Gasteiger partial charge in [0.15, 0.2) is 5.78 Å². The monoisotopic (exact) mass is 279 g/mol. The number of hydrogen-bond acceptors (Lipinski definition) is 4. The summed E-state index contributed by atoms with van der Waals surface area (Å²) in [4.78, 5) is 23.0. The van der Waals surface area contributed by atoms with Crippen LogP contribution in [0.3, 0.4) is 0 Å². The number of aromatic nitrogens is 2. The second-order valence-electron chi connectivity index (χ2n) is 6.14. The molecule has 20 heavy (non-hydrogen) atoms. The number of aryl methyl sites for hydroxylation is 1. The Morgan fingerprint density at radius 2 is 2.15 bits per heavy atom. The van der Waals surface area contributed by atoms with Crippen LogP contribution in [0.4, 0.5) is 4.79 Å². The topological polar surface area (TPSA) is 73.2 Å². The van der Waals surface area contributed by atoms with E-state index in [-0.39, 0.29) is 11.8 Å². The van der Waals surface area contributed by atoms with Crippen LogP contribution in [-0.4, -0.2) is 33.3 Å². The Hall–Kier alpha value is -1.85. The zero-order chi connectivity index (χ0) is 14.9. The van der Waals surface area contributed by atoms with Gasteiger partial charge in [0.05, 0.1) is 12.6 Å². The van der Waals surface area contributed by atoms with Gasteiger partial charge in [0.25, 0.3) is 0 Å². The van der Waals surface area contributed by atoms with E-state index in [1.807, 2.05) is 26.8 Å². The fourth-order valence-corrected chi connectivity index (χ4v) is 2.20. The summed E-state index contributed by atoms with van der Waals surface area (Å²) in [5, 5.41) is 7.11. The zero-order valence-corrected chi connectivity index (χ0v) is 12.4. The highest BCUT2D eigenvalue weighted by molar-refractivity contribution is 5.92. The van der Waals surface area contributed by atoms with E-state index in [1.54, 1.807) is 4.68 Å². The summed E-state index contributed by atoms with van der Waals surface area (Å²) in [6.45, 7) is 7.57. The molecule has 2 rings (SSSR count). The Bertz CT molecular complexity index is 528. The summed E-state index contributed by atoms with van der Waals surface area (Å²) in [5.74, 6) is -0.0384. The maximum atomic E-state index is 11.7. The molecular weight excluding hydrogens is 258 g/mol. The van der Waals surface area contributed by atoms with Gasteiger partial charge in [-0.15, -0.1) is 0 Å². The number of ketones is 1. The largest absolute Gasteiger partial charge is 0.444 e. The van der Waals surface area contributed by atoms with Crippen LogP contribution >= 0.6 is 0 Å². The van der Waals surface area contributed by atoms with Gasteiger partial charge in [0.1, 0.15) is 11.3 Å². The van der Waals surface area contributed by atoms with Crippen LogP contribution in [0.25, 0.3) is 0 Å². The average Bonchev–Trinajstić information content (AvgIpc) is 2.69. The summed E-state index contributed by atoms with van der Waals surface area (Å²) in [5.41, 5.74) is 1.02. The molecule has 1 aromatic heterocycles. The Labute approximate surface area is 118 Å². The molecule has 0 fully saturated rings. The van der Waals surface area contributed by atoms with Crippen molar-refractivity contribution < 1.29 is 14.3 Å². The Kier molecular flexibility index (Phi) is 3.83. The molecule has 0 aliphatic carbocycles. The number of ether oxygens (including phenoxy) is 1. The molecule has 1 amide bonds. The van der Waals surface area contributed by atoms with E-state index in [1.165, 1.54) is 6.92 Å². The molecule has 0 radical (unpaired) electrons. The van der Waals surface area contributed by atoms with E-state index in [9.17, 15) is 9.59 Å². The summed E-state index contributed by atoms with van der Waals surface area (Å²) in [6.07, 6.45) is 1.20. The van der Waals surface area contributed by atoms with Gasteiger partial charge in [0, 0.05) is 12.6 Å². The number of nitrogens with one attached hydrogen (secondary N) is 1. The standard InChI is InChI=1S/C14H21N3O3/c1-9(18)12-7-11-6-5-10(8-17(11)16-12)15-13(19)20-14(2,3)4/h7,10H,5-6,8H2,1-4H3,(H,15,19)/t10-/m0/s1. The van der Waals surface area contributed by atoms with Crippen molar-refractivity contribution in [3.05, 3.63) is 17.5 Å². The molecule has 1 aliphatic rings. The van der Waals surface area contributed by atoms with Crippen LogP contribution in [-0.2, 0) is 17.7 Å². The number of carbonyl (C=O) groups is 2. The first-order chi connectivity index (χ1) is 9.24. The Morgan fingerprint density at radius 3 is 2.75 bits per heavy atom. The van der Waals surface area contributed by atoms with Crippen molar-refractivity contribution in [3.63, 3.8) is 0 Å². The lowest BCUT2D eigenvalue weighted by Gasteiger charge is -2.26. The van der Waals surface area contributed by atoms with Gasteiger partial charge in [-0.05, 0) is 39.7 Å². The SMILES string of the molecule is CC(=O)c1cc2n(n1)C[C@@H](NC(=O)OC(C)(C)C)CC2. The summed E-state index contributed by atoms with van der Waals surface area (Å²) in [6, 6.07) is 1.81. The van der Waals surface area contributed by atoms with Crippen molar-refractivity contribution in [1.29, 1.82) is 0 Å². The average molecular weight is 279 g/mol. The Balaban J connectivity index is 1.97. The van der Waals surface area contributed by atoms with Crippen LogP contribution < -0.4 is 5.32 Å². The van der Waals surface area contributed by atoms with E-state index >= 15 is 0 Å². The molecule has 0 unspecified atom stereocenters. The fraction of sp³-hybridized carbons (Fsp3) is 0.643. The van der Waals surface area contributed by atoms with Gasteiger partial charge >= 0.3 is 6.09 Å². The third kappa shape index (κ3) is 3.59. The molecule has 0 saturated carbocycles. The number of alkyl carbamates (subject to hydrolysis) is 1. The van der Waals surface area contributed by atoms with Crippen molar-refractivity contribution >= 4 is 11.9 Å². The predicted octanol–water partition coefficient (Wildman–Crippen LogP) is 1.93. The maximum Gasteiger partial charge on any atom is 0.407 e. The quantitative estimate of drug-likeness (QED) is 0.839. The van der Waals surface area contributed by atoms with E-state index in [0.717, 1.165) is 18.5 Å². The molecular formula is C14H21N3O3. The molecule has 6 heteroatoms. The van der Waals surface area contributed by atoms with E-state index in [2.05, 4.69) is 10.4 Å². The van der Waals surface area contributed by atoms with Crippen LogP contribution in [0, 0.1) is 0 Å². The maximum absolute atomic E-state index is 11.7. The molecule has 1 aromatic rings. The fourth-order valence-electron chi connectivity index (χ4n) is 2.20. The third-order valence-corrected chi connectivity index (χ3v) is 3.09. The van der Waals surface area contributed by atoms with Crippen LogP contribution in [0.5, 0.6) is 0 Å². The Morgan fingerprint density at radius 1 is 1.45 bits per heavy atom. The van der Waals surface area contributed by atoms with Crippen molar-refractivity contribution in [2.24, 2.45) is 0 Å². The number of rotatable bonds is 2. The molecule has 0 saturated heterocycles. The number of hydrogen-bond donors (Lipinski definition) is 1. The number of carbonyl (C=O) groups excluding carboxylic acids is 2. The lowest BCUT2D eigenvalue weighted by atomic mass is 10.1. The van der Waals surface area contributed by atoms with Crippen molar-refractivity contribution in [2.45, 2.75) is 58.7 Å². The van der Waals surface area contributed by atoms with Gasteiger partial charge in [-0.1, -0.05) is 0 Å².